The van der Waals surface area contributed by atoms with Gasteiger partial charge in [0, 0.05) is 31.9 Å². The number of rotatable bonds is 7. The van der Waals surface area contributed by atoms with Crippen LogP contribution in [0.3, 0.4) is 0 Å². The molecule has 0 spiro atoms. The maximum absolute atomic E-state index is 12.2. The third kappa shape index (κ3) is 5.36. The topological polar surface area (TPSA) is 136 Å². The Morgan fingerprint density at radius 3 is 2.31 bits per heavy atom. The van der Waals surface area contributed by atoms with Gasteiger partial charge < -0.3 is 10.1 Å². The van der Waals surface area contributed by atoms with E-state index in [2.05, 4.69) is 5.32 Å². The SMILES string of the molecule is C[C@H](OC(=O)c1ccc(S(=O)(=O)N(C)C)cc1)C(=O)Nc1cccc([N+](=O)[O-])c1. The summed E-state index contributed by atoms with van der Waals surface area (Å²) in [5, 5.41) is 13.2. The molecule has 0 radical (unpaired) electrons. The van der Waals surface area contributed by atoms with E-state index in [-0.39, 0.29) is 21.8 Å². The molecule has 0 aliphatic rings. The van der Waals surface area contributed by atoms with Gasteiger partial charge in [-0.3, -0.25) is 14.9 Å². The van der Waals surface area contributed by atoms with E-state index in [1.54, 1.807) is 0 Å². The summed E-state index contributed by atoms with van der Waals surface area (Å²) >= 11 is 0. The number of non-ortho nitro benzene ring substituents is 1. The number of esters is 1. The van der Waals surface area contributed by atoms with Crippen LogP contribution in [0.25, 0.3) is 0 Å². The van der Waals surface area contributed by atoms with Gasteiger partial charge in [0.25, 0.3) is 11.6 Å². The van der Waals surface area contributed by atoms with E-state index < -0.39 is 32.9 Å². The molecule has 10 nitrogen and oxygen atoms in total. The van der Waals surface area contributed by atoms with Gasteiger partial charge in [-0.2, -0.15) is 0 Å². The first kappa shape index (κ1) is 22.0. The first-order valence-corrected chi connectivity index (χ1v) is 9.75. The number of nitro groups is 1. The molecule has 1 amide bonds. The Bertz CT molecular complexity index is 1030. The van der Waals surface area contributed by atoms with E-state index in [1.807, 2.05) is 0 Å². The minimum atomic E-state index is -3.63. The summed E-state index contributed by atoms with van der Waals surface area (Å²) in [7, 11) is -0.855. The van der Waals surface area contributed by atoms with Gasteiger partial charge in [0.1, 0.15) is 0 Å². The summed E-state index contributed by atoms with van der Waals surface area (Å²) in [6, 6.07) is 10.4. The Labute approximate surface area is 167 Å². The molecule has 2 aromatic carbocycles. The Morgan fingerprint density at radius 2 is 1.76 bits per heavy atom. The fourth-order valence-electron chi connectivity index (χ4n) is 2.20. The zero-order chi connectivity index (χ0) is 21.8. The maximum atomic E-state index is 12.2. The fraction of sp³-hybridized carbons (Fsp3) is 0.222. The number of amides is 1. The molecule has 0 heterocycles. The summed E-state index contributed by atoms with van der Waals surface area (Å²) in [6.45, 7) is 1.34. The molecule has 154 valence electrons. The number of nitro benzene ring substituents is 1. The molecule has 0 unspecified atom stereocenters. The van der Waals surface area contributed by atoms with Crippen LogP contribution < -0.4 is 5.32 Å². The lowest BCUT2D eigenvalue weighted by Gasteiger charge is -2.14. The fourth-order valence-corrected chi connectivity index (χ4v) is 3.10. The van der Waals surface area contributed by atoms with Crippen molar-refractivity contribution in [1.82, 2.24) is 4.31 Å². The zero-order valence-corrected chi connectivity index (χ0v) is 16.7. The number of benzene rings is 2. The van der Waals surface area contributed by atoms with Crippen LogP contribution >= 0.6 is 0 Å². The number of ether oxygens (including phenoxy) is 1. The lowest BCUT2D eigenvalue weighted by molar-refractivity contribution is -0.384. The van der Waals surface area contributed by atoms with Gasteiger partial charge >= 0.3 is 5.97 Å². The second-order valence-electron chi connectivity index (χ2n) is 6.16. The molecule has 0 saturated heterocycles. The molecule has 0 aromatic heterocycles. The lowest BCUT2D eigenvalue weighted by atomic mass is 10.2. The van der Waals surface area contributed by atoms with Gasteiger partial charge in [0.2, 0.25) is 10.0 Å². The summed E-state index contributed by atoms with van der Waals surface area (Å²) < 4.78 is 30.2. The molecular weight excluding hydrogens is 402 g/mol. The molecule has 0 aliphatic carbocycles. The monoisotopic (exact) mass is 421 g/mol. The van der Waals surface area contributed by atoms with E-state index in [9.17, 15) is 28.1 Å². The molecule has 11 heteroatoms. The van der Waals surface area contributed by atoms with Crippen molar-refractivity contribution in [3.05, 3.63) is 64.2 Å². The number of nitrogens with zero attached hydrogens (tertiary/aromatic N) is 2. The van der Waals surface area contributed by atoms with E-state index in [1.165, 1.54) is 69.6 Å². The van der Waals surface area contributed by atoms with E-state index in [0.29, 0.717) is 0 Å². The molecule has 0 aliphatic heterocycles. The van der Waals surface area contributed by atoms with E-state index >= 15 is 0 Å². The zero-order valence-electron chi connectivity index (χ0n) is 15.9. The number of carbonyl (C=O) groups is 2. The summed E-state index contributed by atoms with van der Waals surface area (Å²) in [5.41, 5.74) is 0.0586. The second-order valence-corrected chi connectivity index (χ2v) is 8.31. The molecular formula is C18H19N3O7S. The van der Waals surface area contributed by atoms with Gasteiger partial charge in [0.05, 0.1) is 15.4 Å². The predicted octanol–water partition coefficient (Wildman–Crippen LogP) is 2.03. The Balaban J connectivity index is 2.04. The molecule has 0 fully saturated rings. The van der Waals surface area contributed by atoms with Crippen LogP contribution in [0.4, 0.5) is 11.4 Å². The highest BCUT2D eigenvalue weighted by Gasteiger charge is 2.21. The number of hydrogen-bond acceptors (Lipinski definition) is 7. The summed E-state index contributed by atoms with van der Waals surface area (Å²) in [6.07, 6.45) is -1.19. The third-order valence-electron chi connectivity index (χ3n) is 3.85. The van der Waals surface area contributed by atoms with Crippen molar-refractivity contribution in [2.45, 2.75) is 17.9 Å². The first-order valence-electron chi connectivity index (χ1n) is 8.31. The Morgan fingerprint density at radius 1 is 1.14 bits per heavy atom. The maximum Gasteiger partial charge on any atom is 0.338 e. The van der Waals surface area contributed by atoms with Crippen LogP contribution in [-0.4, -0.2) is 49.7 Å². The summed E-state index contributed by atoms with van der Waals surface area (Å²) in [4.78, 5) is 34.6. The van der Waals surface area contributed by atoms with Gasteiger partial charge in [-0.1, -0.05) is 6.07 Å². The smallest absolute Gasteiger partial charge is 0.338 e. The normalized spacial score (nSPS) is 12.3. The highest BCUT2D eigenvalue weighted by atomic mass is 32.2. The number of anilines is 1. The quantitative estimate of drug-likeness (QED) is 0.410. The molecule has 1 atom stereocenters. The predicted molar refractivity (Wildman–Crippen MR) is 104 cm³/mol. The molecule has 0 saturated carbocycles. The van der Waals surface area contributed by atoms with E-state index in [0.717, 1.165) is 4.31 Å². The molecule has 29 heavy (non-hydrogen) atoms. The van der Waals surface area contributed by atoms with Crippen LogP contribution in [-0.2, 0) is 19.6 Å². The minimum Gasteiger partial charge on any atom is -0.449 e. The van der Waals surface area contributed by atoms with Crippen molar-refractivity contribution in [2.24, 2.45) is 0 Å². The van der Waals surface area contributed by atoms with Crippen LogP contribution in [0.2, 0.25) is 0 Å². The van der Waals surface area contributed by atoms with Crippen LogP contribution in [0, 0.1) is 10.1 Å². The lowest BCUT2D eigenvalue weighted by Crippen LogP contribution is -2.30. The van der Waals surface area contributed by atoms with Crippen molar-refractivity contribution >= 4 is 33.3 Å². The van der Waals surface area contributed by atoms with Gasteiger partial charge in [0.15, 0.2) is 6.10 Å². The van der Waals surface area contributed by atoms with Crippen LogP contribution in [0.1, 0.15) is 17.3 Å². The van der Waals surface area contributed by atoms with Gasteiger partial charge in [-0.05, 0) is 37.3 Å². The van der Waals surface area contributed by atoms with Crippen molar-refractivity contribution in [3.63, 3.8) is 0 Å². The average molecular weight is 421 g/mol. The van der Waals surface area contributed by atoms with Gasteiger partial charge in [-0.25, -0.2) is 17.5 Å². The third-order valence-corrected chi connectivity index (χ3v) is 5.68. The average Bonchev–Trinajstić information content (AvgIpc) is 2.67. The van der Waals surface area contributed by atoms with Crippen molar-refractivity contribution in [3.8, 4) is 0 Å². The number of sulfonamides is 1. The minimum absolute atomic E-state index is 0.00973. The van der Waals surface area contributed by atoms with Gasteiger partial charge in [-0.15, -0.1) is 0 Å². The molecule has 2 rings (SSSR count). The number of nitrogens with one attached hydrogen (secondary N) is 1. The highest BCUT2D eigenvalue weighted by molar-refractivity contribution is 7.89. The largest absolute Gasteiger partial charge is 0.449 e. The first-order chi connectivity index (χ1) is 13.5. The molecule has 1 N–H and O–H groups in total. The molecule has 2 aromatic rings. The summed E-state index contributed by atoms with van der Waals surface area (Å²) in [5.74, 6) is -1.49. The Kier molecular flexibility index (Phi) is 6.67. The van der Waals surface area contributed by atoms with Crippen LogP contribution in [0.5, 0.6) is 0 Å². The Hall–Kier alpha value is -3.31. The highest BCUT2D eigenvalue weighted by Crippen LogP contribution is 2.18. The number of carbonyl (C=O) groups excluding carboxylic acids is 2. The van der Waals surface area contributed by atoms with Crippen molar-refractivity contribution in [1.29, 1.82) is 0 Å². The molecule has 0 bridgehead atoms. The van der Waals surface area contributed by atoms with Crippen molar-refractivity contribution < 1.29 is 27.7 Å². The van der Waals surface area contributed by atoms with E-state index in [4.69, 9.17) is 4.74 Å². The second kappa shape index (κ2) is 8.80. The standard InChI is InChI=1S/C18H19N3O7S/c1-12(17(22)19-14-5-4-6-15(11-14)21(24)25)28-18(23)13-7-9-16(10-8-13)29(26,27)20(2)3/h4-12H,1-3H3,(H,19,22)/t12-/m0/s1. The van der Waals surface area contributed by atoms with Crippen molar-refractivity contribution in [2.75, 3.05) is 19.4 Å². The van der Waals surface area contributed by atoms with Crippen LogP contribution in [0.15, 0.2) is 53.4 Å². The number of hydrogen-bond donors (Lipinski definition) is 1.